The zero-order valence-electron chi connectivity index (χ0n) is 12.8. The van der Waals surface area contributed by atoms with Crippen molar-refractivity contribution in [2.24, 2.45) is 5.92 Å². The summed E-state index contributed by atoms with van der Waals surface area (Å²) in [5.74, 6) is 0.285. The second-order valence-electron chi connectivity index (χ2n) is 6.09. The quantitative estimate of drug-likeness (QED) is 0.836. The molecule has 1 saturated carbocycles. The summed E-state index contributed by atoms with van der Waals surface area (Å²) in [5, 5.41) is 3.97. The average molecular weight is 331 g/mol. The number of hydrogen-bond acceptors (Lipinski definition) is 3. The van der Waals surface area contributed by atoms with Crippen LogP contribution in [0.15, 0.2) is 23.1 Å². The molecule has 21 heavy (non-hydrogen) atoms. The van der Waals surface area contributed by atoms with Gasteiger partial charge in [-0.1, -0.05) is 25.4 Å². The third-order valence-electron chi connectivity index (χ3n) is 3.51. The molecule has 1 aromatic carbocycles. The number of benzene rings is 1. The van der Waals surface area contributed by atoms with E-state index in [2.05, 4.69) is 5.32 Å². The van der Waals surface area contributed by atoms with Crippen LogP contribution < -0.4 is 5.32 Å². The summed E-state index contributed by atoms with van der Waals surface area (Å²) in [5.41, 5.74) is 0.836. The first kappa shape index (κ1) is 16.7. The van der Waals surface area contributed by atoms with E-state index in [1.165, 1.54) is 17.1 Å². The maximum atomic E-state index is 12.5. The fourth-order valence-corrected chi connectivity index (χ4v) is 3.75. The molecule has 0 bridgehead atoms. The van der Waals surface area contributed by atoms with Crippen LogP contribution in [0.25, 0.3) is 0 Å². The number of hydrogen-bond donors (Lipinski definition) is 1. The van der Waals surface area contributed by atoms with Gasteiger partial charge in [-0.3, -0.25) is 0 Å². The van der Waals surface area contributed by atoms with Gasteiger partial charge in [-0.25, -0.2) is 12.7 Å². The molecule has 1 fully saturated rings. The highest BCUT2D eigenvalue weighted by molar-refractivity contribution is 7.89. The molecular formula is C15H23ClN2O2S. The van der Waals surface area contributed by atoms with E-state index in [0.29, 0.717) is 29.0 Å². The van der Waals surface area contributed by atoms with Gasteiger partial charge in [0.1, 0.15) is 0 Å². The van der Waals surface area contributed by atoms with Crippen molar-refractivity contribution in [3.63, 3.8) is 0 Å². The van der Waals surface area contributed by atoms with Crippen molar-refractivity contribution >= 4 is 21.6 Å². The lowest BCUT2D eigenvalue weighted by Crippen LogP contribution is -2.30. The molecule has 0 aliphatic heterocycles. The molecule has 0 amide bonds. The Morgan fingerprint density at radius 2 is 2.05 bits per heavy atom. The minimum absolute atomic E-state index is 0.285. The Bertz CT molecular complexity index is 598. The first-order chi connectivity index (χ1) is 9.80. The summed E-state index contributed by atoms with van der Waals surface area (Å²) in [4.78, 5) is 0.308. The van der Waals surface area contributed by atoms with Gasteiger partial charge < -0.3 is 5.32 Å². The minimum atomic E-state index is -3.45. The van der Waals surface area contributed by atoms with E-state index in [-0.39, 0.29) is 5.92 Å². The van der Waals surface area contributed by atoms with E-state index >= 15 is 0 Å². The molecule has 0 spiro atoms. The first-order valence-corrected chi connectivity index (χ1v) is 9.10. The summed E-state index contributed by atoms with van der Waals surface area (Å²) >= 11 is 6.17. The molecule has 0 unspecified atom stereocenters. The van der Waals surface area contributed by atoms with Crippen LogP contribution in [-0.2, 0) is 16.6 Å². The van der Waals surface area contributed by atoms with Crippen LogP contribution in [0.3, 0.4) is 0 Å². The third-order valence-corrected chi connectivity index (χ3v) is 5.69. The van der Waals surface area contributed by atoms with Crippen molar-refractivity contribution in [2.45, 2.75) is 44.2 Å². The smallest absolute Gasteiger partial charge is 0.242 e. The van der Waals surface area contributed by atoms with E-state index in [4.69, 9.17) is 11.6 Å². The van der Waals surface area contributed by atoms with Gasteiger partial charge in [0.15, 0.2) is 0 Å². The third kappa shape index (κ3) is 4.42. The standard InChI is InChI=1S/C15H23ClN2O2S/c1-11(2)10-18(3)21(19,20)14-6-7-15(16)12(8-14)9-17-13-4-5-13/h6-8,11,13,17H,4-5,9-10H2,1-3H3. The molecule has 118 valence electrons. The molecule has 1 aliphatic rings. The number of sulfonamides is 1. The van der Waals surface area contributed by atoms with E-state index in [1.54, 1.807) is 25.2 Å². The molecular weight excluding hydrogens is 308 g/mol. The summed E-state index contributed by atoms with van der Waals surface area (Å²) in [7, 11) is -1.83. The fourth-order valence-electron chi connectivity index (χ4n) is 2.18. The lowest BCUT2D eigenvalue weighted by Gasteiger charge is -2.20. The van der Waals surface area contributed by atoms with Gasteiger partial charge in [0.25, 0.3) is 0 Å². The lowest BCUT2D eigenvalue weighted by molar-refractivity contribution is 0.417. The SMILES string of the molecule is CC(C)CN(C)S(=O)(=O)c1ccc(Cl)c(CNC2CC2)c1. The monoisotopic (exact) mass is 330 g/mol. The highest BCUT2D eigenvalue weighted by Crippen LogP contribution is 2.25. The predicted molar refractivity (Wildman–Crippen MR) is 86.0 cm³/mol. The van der Waals surface area contributed by atoms with Gasteiger partial charge in [-0.15, -0.1) is 0 Å². The summed E-state index contributed by atoms with van der Waals surface area (Å²) < 4.78 is 26.5. The predicted octanol–water partition coefficient (Wildman–Crippen LogP) is 2.87. The minimum Gasteiger partial charge on any atom is -0.310 e. The van der Waals surface area contributed by atoms with Crippen molar-refractivity contribution in [3.05, 3.63) is 28.8 Å². The van der Waals surface area contributed by atoms with E-state index in [0.717, 1.165) is 5.56 Å². The van der Waals surface area contributed by atoms with Gasteiger partial charge >= 0.3 is 0 Å². The number of nitrogens with one attached hydrogen (secondary N) is 1. The Balaban J connectivity index is 2.19. The first-order valence-electron chi connectivity index (χ1n) is 7.29. The largest absolute Gasteiger partial charge is 0.310 e. The summed E-state index contributed by atoms with van der Waals surface area (Å²) in [6.45, 7) is 5.11. The van der Waals surface area contributed by atoms with Gasteiger partial charge in [-0.2, -0.15) is 0 Å². The molecule has 2 rings (SSSR count). The zero-order valence-corrected chi connectivity index (χ0v) is 14.3. The van der Waals surface area contributed by atoms with Crippen molar-refractivity contribution in [1.29, 1.82) is 0 Å². The zero-order chi connectivity index (χ0) is 15.6. The topological polar surface area (TPSA) is 49.4 Å². The van der Waals surface area contributed by atoms with Crippen LogP contribution in [0.1, 0.15) is 32.3 Å². The van der Waals surface area contributed by atoms with Gasteiger partial charge in [0.05, 0.1) is 4.90 Å². The second kappa shape index (κ2) is 6.65. The molecule has 1 aromatic rings. The Kier molecular flexibility index (Phi) is 5.30. The highest BCUT2D eigenvalue weighted by Gasteiger charge is 2.23. The molecule has 0 aromatic heterocycles. The van der Waals surface area contributed by atoms with Crippen LogP contribution >= 0.6 is 11.6 Å². The normalized spacial score (nSPS) is 15.9. The van der Waals surface area contributed by atoms with E-state index in [9.17, 15) is 8.42 Å². The molecule has 0 atom stereocenters. The second-order valence-corrected chi connectivity index (χ2v) is 8.54. The average Bonchev–Trinajstić information content (AvgIpc) is 3.20. The Morgan fingerprint density at radius 1 is 1.38 bits per heavy atom. The lowest BCUT2D eigenvalue weighted by atomic mass is 10.2. The molecule has 1 aliphatic carbocycles. The van der Waals surface area contributed by atoms with Crippen molar-refractivity contribution in [2.75, 3.05) is 13.6 Å². The Hall–Kier alpha value is -0.620. The van der Waals surface area contributed by atoms with Crippen LogP contribution in [-0.4, -0.2) is 32.4 Å². The van der Waals surface area contributed by atoms with Crippen molar-refractivity contribution < 1.29 is 8.42 Å². The molecule has 4 nitrogen and oxygen atoms in total. The maximum Gasteiger partial charge on any atom is 0.242 e. The molecule has 0 heterocycles. The number of rotatable bonds is 7. The van der Waals surface area contributed by atoms with Gasteiger partial charge in [-0.05, 0) is 42.5 Å². The van der Waals surface area contributed by atoms with Crippen molar-refractivity contribution in [1.82, 2.24) is 9.62 Å². The molecule has 0 radical (unpaired) electrons. The van der Waals surface area contributed by atoms with Gasteiger partial charge in [0, 0.05) is 31.2 Å². The van der Waals surface area contributed by atoms with E-state index < -0.39 is 10.0 Å². The number of nitrogens with zero attached hydrogens (tertiary/aromatic N) is 1. The highest BCUT2D eigenvalue weighted by atomic mass is 35.5. The van der Waals surface area contributed by atoms with Crippen LogP contribution in [0, 0.1) is 5.92 Å². The molecule has 1 N–H and O–H groups in total. The summed E-state index contributed by atoms with van der Waals surface area (Å²) in [6.07, 6.45) is 2.37. The Morgan fingerprint density at radius 3 is 2.62 bits per heavy atom. The van der Waals surface area contributed by atoms with E-state index in [1.807, 2.05) is 13.8 Å². The Labute approximate surface area is 132 Å². The maximum absolute atomic E-state index is 12.5. The number of halogens is 1. The fraction of sp³-hybridized carbons (Fsp3) is 0.600. The van der Waals surface area contributed by atoms with Crippen LogP contribution in [0.2, 0.25) is 5.02 Å². The van der Waals surface area contributed by atoms with Crippen molar-refractivity contribution in [3.8, 4) is 0 Å². The molecule has 0 saturated heterocycles. The molecule has 6 heteroatoms. The van der Waals surface area contributed by atoms with Crippen LogP contribution in [0.5, 0.6) is 0 Å². The van der Waals surface area contributed by atoms with Gasteiger partial charge in [0.2, 0.25) is 10.0 Å². The summed E-state index contributed by atoms with van der Waals surface area (Å²) in [6, 6.07) is 5.49. The van der Waals surface area contributed by atoms with Crippen LogP contribution in [0.4, 0.5) is 0 Å².